The third-order valence-electron chi connectivity index (χ3n) is 1.58. The molecule has 0 saturated carbocycles. The van der Waals surface area contributed by atoms with Gasteiger partial charge in [0.2, 0.25) is 0 Å². The van der Waals surface area contributed by atoms with E-state index in [-0.39, 0.29) is 0 Å². The zero-order valence-electron chi connectivity index (χ0n) is 6.26. The molecule has 0 nitrogen and oxygen atoms in total. The van der Waals surface area contributed by atoms with Crippen LogP contribution in [-0.4, -0.2) is 5.75 Å². The predicted octanol–water partition coefficient (Wildman–Crippen LogP) is 3.14. The summed E-state index contributed by atoms with van der Waals surface area (Å²) < 4.78 is 0. The molecule has 54 valence electrons. The zero-order chi connectivity index (χ0) is 7.40. The van der Waals surface area contributed by atoms with Gasteiger partial charge in [-0.3, -0.25) is 0 Å². The quantitative estimate of drug-likeness (QED) is 0.548. The molecule has 0 saturated heterocycles. The fourth-order valence-electron chi connectivity index (χ4n) is 0.968. The van der Waals surface area contributed by atoms with Crippen LogP contribution in [0.1, 0.15) is 13.3 Å². The zero-order valence-corrected chi connectivity index (χ0v) is 7.08. The topological polar surface area (TPSA) is 0 Å². The molecule has 10 heavy (non-hydrogen) atoms. The van der Waals surface area contributed by atoms with Gasteiger partial charge < -0.3 is 0 Å². The molecular weight excluding hydrogens is 140 g/mol. The van der Waals surface area contributed by atoms with Crippen molar-refractivity contribution >= 4 is 11.8 Å². The molecule has 0 aromatic heterocycles. The van der Waals surface area contributed by atoms with E-state index in [0.29, 0.717) is 0 Å². The first-order valence-corrected chi connectivity index (χ1v) is 4.45. The van der Waals surface area contributed by atoms with Crippen LogP contribution in [0.15, 0.2) is 35.3 Å². The van der Waals surface area contributed by atoms with E-state index in [1.807, 2.05) is 23.9 Å². The van der Waals surface area contributed by atoms with Crippen molar-refractivity contribution in [3.8, 4) is 0 Å². The smallest absolute Gasteiger partial charge is 0.00176 e. The van der Waals surface area contributed by atoms with Crippen LogP contribution < -0.4 is 0 Å². The summed E-state index contributed by atoms with van der Waals surface area (Å²) >= 11 is 1.95. The van der Waals surface area contributed by atoms with E-state index in [1.165, 1.54) is 22.7 Å². The van der Waals surface area contributed by atoms with Crippen molar-refractivity contribution in [1.82, 2.24) is 0 Å². The number of hydrogen-bond donors (Lipinski definition) is 0. The van der Waals surface area contributed by atoms with E-state index in [0.717, 1.165) is 0 Å². The van der Waals surface area contributed by atoms with Crippen molar-refractivity contribution in [2.24, 2.45) is 0 Å². The molecule has 0 unspecified atom stereocenters. The van der Waals surface area contributed by atoms with E-state index < -0.39 is 0 Å². The van der Waals surface area contributed by atoms with Gasteiger partial charge in [-0.2, -0.15) is 0 Å². The summed E-state index contributed by atoms with van der Waals surface area (Å²) in [5, 5.41) is 0. The SMILES string of the molecule is C=C/C=C\C1=C(C)SCC1. The maximum atomic E-state index is 3.63. The summed E-state index contributed by atoms with van der Waals surface area (Å²) in [5.74, 6) is 1.25. The summed E-state index contributed by atoms with van der Waals surface area (Å²) in [6, 6.07) is 0. The molecule has 0 aliphatic carbocycles. The Morgan fingerprint density at radius 3 is 2.90 bits per heavy atom. The minimum Gasteiger partial charge on any atom is -0.130 e. The summed E-state index contributed by atoms with van der Waals surface area (Å²) in [5.41, 5.74) is 1.48. The number of allylic oxidation sites excluding steroid dienone is 5. The van der Waals surface area contributed by atoms with Gasteiger partial charge in [-0.1, -0.05) is 24.8 Å². The number of rotatable bonds is 2. The molecule has 0 bridgehead atoms. The highest BCUT2D eigenvalue weighted by Crippen LogP contribution is 2.31. The predicted molar refractivity (Wildman–Crippen MR) is 49.1 cm³/mol. The molecule has 1 aliphatic rings. The van der Waals surface area contributed by atoms with Crippen LogP contribution in [-0.2, 0) is 0 Å². The van der Waals surface area contributed by atoms with E-state index in [9.17, 15) is 0 Å². The fraction of sp³-hybridized carbons (Fsp3) is 0.333. The van der Waals surface area contributed by atoms with Gasteiger partial charge in [0, 0.05) is 5.75 Å². The molecule has 0 fully saturated rings. The second-order valence-corrected chi connectivity index (χ2v) is 3.58. The average Bonchev–Trinajstić information content (AvgIpc) is 2.31. The van der Waals surface area contributed by atoms with Crippen LogP contribution in [0.3, 0.4) is 0 Å². The molecule has 1 rings (SSSR count). The van der Waals surface area contributed by atoms with E-state index >= 15 is 0 Å². The molecule has 0 aromatic carbocycles. The second-order valence-electron chi connectivity index (χ2n) is 2.27. The largest absolute Gasteiger partial charge is 0.130 e. The third-order valence-corrected chi connectivity index (χ3v) is 2.68. The molecule has 0 N–H and O–H groups in total. The van der Waals surface area contributed by atoms with Gasteiger partial charge in [-0.15, -0.1) is 11.8 Å². The molecule has 0 radical (unpaired) electrons. The van der Waals surface area contributed by atoms with Crippen molar-refractivity contribution in [3.63, 3.8) is 0 Å². The van der Waals surface area contributed by atoms with Crippen LogP contribution in [0, 0.1) is 0 Å². The summed E-state index contributed by atoms with van der Waals surface area (Å²) in [7, 11) is 0. The Kier molecular flexibility index (Phi) is 2.82. The first-order chi connectivity index (χ1) is 4.84. The van der Waals surface area contributed by atoms with E-state index in [1.54, 1.807) is 0 Å². The molecule has 0 atom stereocenters. The highest BCUT2D eigenvalue weighted by Gasteiger charge is 2.06. The number of hydrogen-bond acceptors (Lipinski definition) is 1. The van der Waals surface area contributed by atoms with Crippen LogP contribution in [0.4, 0.5) is 0 Å². The normalized spacial score (nSPS) is 18.9. The first kappa shape index (κ1) is 7.67. The lowest BCUT2D eigenvalue weighted by atomic mass is 10.2. The molecule has 1 heteroatoms. The molecule has 1 aliphatic heterocycles. The molecule has 0 amide bonds. The van der Waals surface area contributed by atoms with Gasteiger partial charge in [0.25, 0.3) is 0 Å². The first-order valence-electron chi connectivity index (χ1n) is 3.46. The maximum absolute atomic E-state index is 3.63. The van der Waals surface area contributed by atoms with Gasteiger partial charge in [-0.05, 0) is 23.8 Å². The van der Waals surface area contributed by atoms with Gasteiger partial charge in [0.1, 0.15) is 0 Å². The van der Waals surface area contributed by atoms with Crippen molar-refractivity contribution in [2.75, 3.05) is 5.75 Å². The highest BCUT2D eigenvalue weighted by atomic mass is 32.2. The minimum atomic E-state index is 1.22. The molecule has 0 spiro atoms. The van der Waals surface area contributed by atoms with Crippen molar-refractivity contribution in [2.45, 2.75) is 13.3 Å². The Morgan fingerprint density at radius 1 is 1.60 bits per heavy atom. The standard InChI is InChI=1S/C9H12S/c1-3-4-5-9-6-7-10-8(9)2/h3-5H,1,6-7H2,2H3/b5-4-. The van der Waals surface area contributed by atoms with Crippen LogP contribution in [0.25, 0.3) is 0 Å². The Balaban J connectivity index is 2.62. The number of thioether (sulfide) groups is 1. The Labute approximate surface area is 66.7 Å². The Bertz CT molecular complexity index is 187. The minimum absolute atomic E-state index is 1.22. The van der Waals surface area contributed by atoms with Crippen molar-refractivity contribution in [3.05, 3.63) is 35.3 Å². The lowest BCUT2D eigenvalue weighted by molar-refractivity contribution is 1.19. The van der Waals surface area contributed by atoms with E-state index in [4.69, 9.17) is 0 Å². The lowest BCUT2D eigenvalue weighted by Gasteiger charge is -1.90. The fourth-order valence-corrected chi connectivity index (χ4v) is 1.95. The van der Waals surface area contributed by atoms with Gasteiger partial charge >= 0.3 is 0 Å². The van der Waals surface area contributed by atoms with Crippen molar-refractivity contribution < 1.29 is 0 Å². The van der Waals surface area contributed by atoms with Gasteiger partial charge in [0.15, 0.2) is 0 Å². The monoisotopic (exact) mass is 152 g/mol. The molecular formula is C9H12S. The van der Waals surface area contributed by atoms with E-state index in [2.05, 4.69) is 19.6 Å². The van der Waals surface area contributed by atoms with Crippen LogP contribution in [0.5, 0.6) is 0 Å². The maximum Gasteiger partial charge on any atom is 0.00176 e. The van der Waals surface area contributed by atoms with Crippen LogP contribution in [0.2, 0.25) is 0 Å². The average molecular weight is 152 g/mol. The Morgan fingerprint density at radius 2 is 2.40 bits per heavy atom. The second kappa shape index (κ2) is 3.67. The summed E-state index contributed by atoms with van der Waals surface area (Å²) in [6.45, 7) is 5.81. The highest BCUT2D eigenvalue weighted by molar-refractivity contribution is 8.03. The summed E-state index contributed by atoms with van der Waals surface area (Å²) in [6.07, 6.45) is 7.21. The third kappa shape index (κ3) is 1.77. The van der Waals surface area contributed by atoms with Crippen molar-refractivity contribution in [1.29, 1.82) is 0 Å². The lowest BCUT2D eigenvalue weighted by Crippen LogP contribution is -1.72. The van der Waals surface area contributed by atoms with Gasteiger partial charge in [-0.25, -0.2) is 0 Å². The Hall–Kier alpha value is -0.430. The van der Waals surface area contributed by atoms with Crippen LogP contribution >= 0.6 is 11.8 Å². The summed E-state index contributed by atoms with van der Waals surface area (Å²) in [4.78, 5) is 1.47. The van der Waals surface area contributed by atoms with Gasteiger partial charge in [0.05, 0.1) is 0 Å². The molecule has 0 aromatic rings. The molecule has 1 heterocycles.